The second kappa shape index (κ2) is 18.5. The Morgan fingerprint density at radius 1 is 0.672 bits per heavy atom. The van der Waals surface area contributed by atoms with Crippen molar-refractivity contribution < 1.29 is 65.9 Å². The Labute approximate surface area is 456 Å². The molecule has 2 aromatic heterocycles. The van der Waals surface area contributed by atoms with Gasteiger partial charge in [-0.3, -0.25) is 9.55 Å². The van der Waals surface area contributed by atoms with Crippen LogP contribution in [0.3, 0.4) is 0 Å². The monoisotopic (exact) mass is 1090 g/mol. The minimum absolute atomic E-state index is 0. The van der Waals surface area contributed by atoms with Gasteiger partial charge in [-0.25, -0.2) is 4.98 Å². The minimum Gasteiger partial charge on any atom is -0.507 e. The summed E-state index contributed by atoms with van der Waals surface area (Å²) in [4.78, 5) is 9.59. The van der Waals surface area contributed by atoms with Gasteiger partial charge in [-0.15, -0.1) is 29.3 Å². The predicted molar refractivity (Wildman–Crippen MR) is 280 cm³/mol. The third-order valence-corrected chi connectivity index (χ3v) is 11.6. The van der Waals surface area contributed by atoms with Gasteiger partial charge in [-0.1, -0.05) is 179 Å². The van der Waals surface area contributed by atoms with Crippen molar-refractivity contribution >= 4 is 11.0 Å². The smallest absolute Gasteiger partial charge is 0.148 e. The Hall–Kier alpha value is -5.57. The number of aromatic nitrogens is 3. The van der Waals surface area contributed by atoms with Crippen LogP contribution in [0.4, 0.5) is 0 Å². The largest absolute Gasteiger partial charge is 0.507 e. The van der Waals surface area contributed by atoms with Gasteiger partial charge >= 0.3 is 0 Å². The van der Waals surface area contributed by atoms with E-state index in [-0.39, 0.29) is 83.3 Å². The number of pyridine rings is 1. The van der Waals surface area contributed by atoms with Crippen LogP contribution in [0.15, 0.2) is 121 Å². The second-order valence-corrected chi connectivity index (χ2v) is 18.2. The molecule has 6 aromatic carbocycles. The van der Waals surface area contributed by atoms with Crippen LogP contribution in [-0.2, 0) is 37.3 Å². The molecule has 0 radical (unpaired) electrons. The van der Waals surface area contributed by atoms with Gasteiger partial charge in [0.1, 0.15) is 11.6 Å². The second-order valence-electron chi connectivity index (χ2n) is 18.2. The van der Waals surface area contributed by atoms with E-state index >= 15 is 0 Å². The van der Waals surface area contributed by atoms with Gasteiger partial charge in [0.15, 0.2) is 0 Å². The van der Waals surface area contributed by atoms with E-state index in [1.165, 1.54) is 54.7 Å². The molecule has 67 heavy (non-hydrogen) atoms. The number of benzene rings is 6. The molecule has 8 rings (SSSR count). The van der Waals surface area contributed by atoms with Gasteiger partial charge in [0.25, 0.3) is 0 Å². The number of hydrogen-bond donors (Lipinski definition) is 1. The molecule has 1 N–H and O–H groups in total. The Kier molecular flexibility index (Phi) is 6.66. The summed E-state index contributed by atoms with van der Waals surface area (Å²) in [5, 5.41) is 13.1. The molecule has 348 valence electrons. The van der Waals surface area contributed by atoms with E-state index < -0.39 is 141 Å². The summed E-state index contributed by atoms with van der Waals surface area (Å²) in [7, 11) is 0. The zero-order chi connectivity index (χ0) is 72.0. The Bertz CT molecular complexity index is 4220. The third kappa shape index (κ3) is 10.0. The number of aryl methyl sites for hydroxylation is 1. The van der Waals surface area contributed by atoms with Crippen molar-refractivity contribution in [1.29, 1.82) is 0 Å². The first-order valence-electron chi connectivity index (χ1n) is 35.7. The number of nitrogens with zero attached hydrogens (tertiary/aromatic N) is 3. The molecule has 0 saturated carbocycles. The van der Waals surface area contributed by atoms with Crippen molar-refractivity contribution in [3.8, 4) is 67.5 Å². The first-order chi connectivity index (χ1) is 42.9. The van der Waals surface area contributed by atoms with E-state index in [9.17, 15) is 9.22 Å². The first-order valence-corrected chi connectivity index (χ1v) is 21.2. The summed E-state index contributed by atoms with van der Waals surface area (Å²) in [6.45, 7) is -18.8. The van der Waals surface area contributed by atoms with Gasteiger partial charge in [-0.05, 0) is 117 Å². The number of aromatic hydroxyl groups is 1. The van der Waals surface area contributed by atoms with Crippen LogP contribution in [0.2, 0.25) is 0 Å². The zero-order valence-corrected chi connectivity index (χ0v) is 40.2. The number of phenols is 1. The van der Waals surface area contributed by atoms with Gasteiger partial charge in [0.2, 0.25) is 0 Å². The molecule has 0 unspecified atom stereocenters. The number of imidazole rings is 1. The van der Waals surface area contributed by atoms with Crippen molar-refractivity contribution in [2.75, 3.05) is 0 Å². The molecular formula is C62H68N3OPt-. The van der Waals surface area contributed by atoms with Crippen molar-refractivity contribution in [3.63, 3.8) is 0 Å². The number of phenolic OH excluding ortho intramolecular Hbond substituents is 1. The van der Waals surface area contributed by atoms with E-state index in [4.69, 9.17) is 40.6 Å². The molecule has 0 bridgehead atoms. The Morgan fingerprint density at radius 3 is 2.04 bits per heavy atom. The Morgan fingerprint density at radius 2 is 1.37 bits per heavy atom. The van der Waals surface area contributed by atoms with E-state index in [0.717, 1.165) is 10.1 Å². The topological polar surface area (TPSA) is 50.9 Å². The van der Waals surface area contributed by atoms with Gasteiger partial charge < -0.3 is 5.11 Å². The predicted octanol–water partition coefficient (Wildman–Crippen LogP) is 17.0. The molecule has 0 fully saturated rings. The SMILES string of the molecule is [2H]c1c([2H])c(C([2H])([2H])[2H])c([2H])c([2H])c1-c1ccnc(-c2[c-]c(-c3cccc4c3nc(-c3cc(C(C([2H])([2H])[2H])(C([2H])([2H])[2H])C([2H])([2H])[2H])cc(C(C([2H])([2H])[2H])(C([2H])([2H])[2H])C([2H])([2H])[2H])c3O)n4-c3ccc(-c4cc(C(C)C)cc(C([2H])(C)C)c4)cc3C([2H])([2H])[2H])cc(C(C)(C)C)c2)c1.[Pt]. The van der Waals surface area contributed by atoms with Crippen LogP contribution in [0.1, 0.15) is 180 Å². The van der Waals surface area contributed by atoms with Crippen LogP contribution in [0.5, 0.6) is 5.75 Å². The molecule has 8 aromatic rings. The minimum atomic E-state index is -4.32. The third-order valence-electron chi connectivity index (χ3n) is 11.6. The number of para-hydroxylation sites is 1. The van der Waals surface area contributed by atoms with E-state index in [1.807, 2.05) is 46.8 Å². The van der Waals surface area contributed by atoms with Crippen LogP contribution in [-0.4, -0.2) is 19.6 Å². The summed E-state index contributed by atoms with van der Waals surface area (Å²) in [6, 6.07) is 21.3. The summed E-state index contributed by atoms with van der Waals surface area (Å²) in [6.07, 6.45) is 1.32. The van der Waals surface area contributed by atoms with Crippen molar-refractivity contribution in [2.45, 2.75) is 131 Å². The van der Waals surface area contributed by atoms with Crippen molar-refractivity contribution in [1.82, 2.24) is 14.5 Å². The maximum Gasteiger partial charge on any atom is 0.148 e. The number of fused-ring (bicyclic) bond motifs is 1. The van der Waals surface area contributed by atoms with E-state index in [2.05, 4.69) is 11.1 Å². The normalized spacial score (nSPS) is 20.3. The standard InChI is InChI=1S/C62H68N3O.Pt/c1-37(2)44-28-45(38(3)4)30-46(29-44)42-23-24-55(40(6)27-42)65-56-18-16-17-51(57(56)64-59(65)52-35-50(61(10,11)12)36-53(58(52)66)62(13,14)15)47-31-48(33-49(32-47)60(7,8)9)54-34-43(25-26-63-54)41-21-19-39(5)20-22-41;/h16-30,32-38,66H,1-15H3;/q-1;/i5D3,6D3,10D3,11D3,12D3,13D3,14D3,15D3,19D,20D,21D,22D,37D;. The fraction of sp³-hybridized carbons (Fsp3) is 0.323. The summed E-state index contributed by atoms with van der Waals surface area (Å²) < 4.78 is 255. The molecular weight excluding hydrogens is 998 g/mol. The van der Waals surface area contributed by atoms with Crippen LogP contribution < -0.4 is 0 Å². The molecule has 0 aliphatic carbocycles. The quantitative estimate of drug-likeness (QED) is 0.154. The van der Waals surface area contributed by atoms with Crippen molar-refractivity contribution in [2.24, 2.45) is 0 Å². The number of rotatable bonds is 8. The Balaban J connectivity index is 0.0000130. The molecule has 0 aliphatic heterocycles. The molecule has 2 heterocycles. The maximum atomic E-state index is 13.1. The van der Waals surface area contributed by atoms with Crippen LogP contribution >= 0.6 is 0 Å². The summed E-state index contributed by atoms with van der Waals surface area (Å²) >= 11 is 0. The summed E-state index contributed by atoms with van der Waals surface area (Å²) in [5.41, 5.74) is -12.1. The van der Waals surface area contributed by atoms with Gasteiger partial charge in [0.05, 0.1) is 27.8 Å². The zero-order valence-electron chi connectivity index (χ0n) is 66.9. The molecule has 0 amide bonds. The van der Waals surface area contributed by atoms with E-state index in [0.29, 0.717) is 28.3 Å². The fourth-order valence-corrected chi connectivity index (χ4v) is 7.88. The van der Waals surface area contributed by atoms with Crippen LogP contribution in [0, 0.1) is 19.8 Å². The summed E-state index contributed by atoms with van der Waals surface area (Å²) in [5.74, 6) is -3.60. The van der Waals surface area contributed by atoms with Gasteiger partial charge in [-0.2, -0.15) is 0 Å². The molecule has 0 atom stereocenters. The molecule has 0 spiro atoms. The average Bonchev–Trinajstić information content (AvgIpc) is 0.906. The van der Waals surface area contributed by atoms with Crippen molar-refractivity contribution in [3.05, 3.63) is 166 Å². The first kappa shape index (κ1) is 24.1. The van der Waals surface area contributed by atoms with Crippen LogP contribution in [0.25, 0.3) is 72.7 Å². The number of hydrogen-bond acceptors (Lipinski definition) is 3. The fourth-order valence-electron chi connectivity index (χ4n) is 7.88. The molecule has 0 saturated heterocycles. The molecule has 0 aliphatic rings. The molecule has 4 nitrogen and oxygen atoms in total. The van der Waals surface area contributed by atoms with Gasteiger partial charge in [0, 0.05) is 72.8 Å². The maximum absolute atomic E-state index is 13.1. The molecule has 5 heteroatoms. The average molecular weight is 1100 g/mol. The van der Waals surface area contributed by atoms with E-state index in [1.54, 1.807) is 32.0 Å².